The van der Waals surface area contributed by atoms with Crippen LogP contribution in [0.5, 0.6) is 0 Å². The molecule has 0 unspecified atom stereocenters. The first kappa shape index (κ1) is 10.1. The SMILES string of the molecule is CCCCCNC#CCI. The maximum absolute atomic E-state index is 3.06. The van der Waals surface area contributed by atoms with Crippen molar-refractivity contribution in [1.82, 2.24) is 5.32 Å². The van der Waals surface area contributed by atoms with Gasteiger partial charge in [0.15, 0.2) is 0 Å². The van der Waals surface area contributed by atoms with Gasteiger partial charge >= 0.3 is 0 Å². The normalized spacial score (nSPS) is 8.20. The molecule has 2 heteroatoms. The fourth-order valence-electron chi connectivity index (χ4n) is 0.622. The molecule has 0 saturated heterocycles. The molecule has 0 rings (SSSR count). The van der Waals surface area contributed by atoms with Crippen molar-refractivity contribution in [2.45, 2.75) is 26.2 Å². The highest BCUT2D eigenvalue weighted by Gasteiger charge is 1.80. The Labute approximate surface area is 77.1 Å². The number of rotatable bonds is 4. The minimum absolute atomic E-state index is 0.915. The standard InChI is InChI=1S/C8H14IN/c1-2-3-4-7-10-8-5-6-9/h10H,2-4,6-7H2,1H3. The maximum atomic E-state index is 3.06. The summed E-state index contributed by atoms with van der Waals surface area (Å²) in [6.07, 6.45) is 3.83. The van der Waals surface area contributed by atoms with Gasteiger partial charge in [0, 0.05) is 12.6 Å². The number of halogens is 1. The molecule has 0 amide bonds. The molecule has 0 aromatic heterocycles. The third kappa shape index (κ3) is 8.09. The van der Waals surface area contributed by atoms with E-state index in [1.807, 2.05) is 0 Å². The van der Waals surface area contributed by atoms with Crippen LogP contribution < -0.4 is 5.32 Å². The van der Waals surface area contributed by atoms with E-state index in [-0.39, 0.29) is 0 Å². The largest absolute Gasteiger partial charge is 0.346 e. The van der Waals surface area contributed by atoms with Crippen LogP contribution in [0.25, 0.3) is 0 Å². The van der Waals surface area contributed by atoms with Crippen LogP contribution in [-0.4, -0.2) is 11.0 Å². The summed E-state index contributed by atoms with van der Waals surface area (Å²) in [6, 6.07) is 2.89. The fourth-order valence-corrected chi connectivity index (χ4v) is 0.812. The third-order valence-electron chi connectivity index (χ3n) is 1.15. The van der Waals surface area contributed by atoms with Crippen molar-refractivity contribution in [1.29, 1.82) is 0 Å². The molecule has 0 aliphatic rings. The van der Waals surface area contributed by atoms with Crippen molar-refractivity contribution < 1.29 is 0 Å². The number of unbranched alkanes of at least 4 members (excludes halogenated alkanes) is 2. The summed E-state index contributed by atoms with van der Waals surface area (Å²) in [5.41, 5.74) is 0. The smallest absolute Gasteiger partial charge is 0.0627 e. The average molecular weight is 251 g/mol. The second-order valence-corrected chi connectivity index (χ2v) is 2.83. The van der Waals surface area contributed by atoms with Gasteiger partial charge in [0.1, 0.15) is 0 Å². The van der Waals surface area contributed by atoms with Crippen LogP contribution in [-0.2, 0) is 0 Å². The topological polar surface area (TPSA) is 12.0 Å². The van der Waals surface area contributed by atoms with Gasteiger partial charge in [-0.3, -0.25) is 0 Å². The van der Waals surface area contributed by atoms with E-state index in [0.29, 0.717) is 0 Å². The Hall–Kier alpha value is 0.0900. The van der Waals surface area contributed by atoms with Gasteiger partial charge in [0.25, 0.3) is 0 Å². The molecule has 0 spiro atoms. The zero-order valence-corrected chi connectivity index (χ0v) is 8.57. The summed E-state index contributed by atoms with van der Waals surface area (Å²) in [5, 5.41) is 3.06. The van der Waals surface area contributed by atoms with Crippen LogP contribution >= 0.6 is 22.6 Å². The van der Waals surface area contributed by atoms with Crippen LogP contribution in [0.3, 0.4) is 0 Å². The van der Waals surface area contributed by atoms with E-state index in [2.05, 4.69) is 46.8 Å². The van der Waals surface area contributed by atoms with Crippen LogP contribution in [0, 0.1) is 12.0 Å². The van der Waals surface area contributed by atoms with E-state index < -0.39 is 0 Å². The van der Waals surface area contributed by atoms with Gasteiger partial charge in [-0.15, -0.1) is 0 Å². The monoisotopic (exact) mass is 251 g/mol. The number of hydrogen-bond acceptors (Lipinski definition) is 1. The van der Waals surface area contributed by atoms with Gasteiger partial charge in [0.2, 0.25) is 0 Å². The Morgan fingerprint density at radius 2 is 2.20 bits per heavy atom. The van der Waals surface area contributed by atoms with Gasteiger partial charge in [-0.1, -0.05) is 48.3 Å². The third-order valence-corrected chi connectivity index (χ3v) is 1.53. The summed E-state index contributed by atoms with van der Waals surface area (Å²) >= 11 is 2.24. The molecule has 0 aromatic rings. The van der Waals surface area contributed by atoms with Gasteiger partial charge < -0.3 is 5.32 Å². The molecule has 1 N–H and O–H groups in total. The zero-order valence-electron chi connectivity index (χ0n) is 6.41. The molecular weight excluding hydrogens is 237 g/mol. The predicted molar refractivity (Wildman–Crippen MR) is 54.2 cm³/mol. The summed E-state index contributed by atoms with van der Waals surface area (Å²) < 4.78 is 0.915. The lowest BCUT2D eigenvalue weighted by molar-refractivity contribution is 0.691. The van der Waals surface area contributed by atoms with Gasteiger partial charge in [-0.2, -0.15) is 0 Å². The fraction of sp³-hybridized carbons (Fsp3) is 0.750. The van der Waals surface area contributed by atoms with Crippen molar-refractivity contribution >= 4 is 22.6 Å². The highest BCUT2D eigenvalue weighted by molar-refractivity contribution is 14.1. The maximum Gasteiger partial charge on any atom is 0.0627 e. The van der Waals surface area contributed by atoms with Gasteiger partial charge in [0.05, 0.1) is 4.43 Å². The second kappa shape index (κ2) is 9.09. The first-order chi connectivity index (χ1) is 4.91. The van der Waals surface area contributed by atoms with Crippen molar-refractivity contribution in [3.63, 3.8) is 0 Å². The van der Waals surface area contributed by atoms with E-state index in [1.54, 1.807) is 0 Å². The average Bonchev–Trinajstić information content (AvgIpc) is 1.97. The van der Waals surface area contributed by atoms with Gasteiger partial charge in [-0.25, -0.2) is 0 Å². The van der Waals surface area contributed by atoms with Crippen molar-refractivity contribution in [2.75, 3.05) is 11.0 Å². The first-order valence-corrected chi connectivity index (χ1v) is 5.21. The Morgan fingerprint density at radius 1 is 1.40 bits per heavy atom. The highest BCUT2D eigenvalue weighted by atomic mass is 127. The van der Waals surface area contributed by atoms with E-state index in [0.717, 1.165) is 11.0 Å². The first-order valence-electron chi connectivity index (χ1n) is 3.68. The molecule has 0 radical (unpaired) electrons. The molecule has 0 bridgehead atoms. The molecule has 1 nitrogen and oxygen atoms in total. The van der Waals surface area contributed by atoms with Crippen molar-refractivity contribution in [3.8, 4) is 12.0 Å². The van der Waals surface area contributed by atoms with Crippen molar-refractivity contribution in [2.24, 2.45) is 0 Å². The van der Waals surface area contributed by atoms with Crippen LogP contribution in [0.1, 0.15) is 26.2 Å². The Balaban J connectivity index is 2.90. The van der Waals surface area contributed by atoms with Gasteiger partial charge in [-0.05, 0) is 6.42 Å². The van der Waals surface area contributed by atoms with E-state index in [1.165, 1.54) is 19.3 Å². The summed E-state index contributed by atoms with van der Waals surface area (Å²) in [7, 11) is 0. The summed E-state index contributed by atoms with van der Waals surface area (Å²) in [5.74, 6) is 2.95. The molecule has 0 aromatic carbocycles. The Kier molecular flexibility index (Phi) is 9.17. The molecular formula is C8H14IN. The highest BCUT2D eigenvalue weighted by Crippen LogP contribution is 1.90. The lowest BCUT2D eigenvalue weighted by atomic mass is 10.2. The molecule has 0 aliphatic carbocycles. The van der Waals surface area contributed by atoms with E-state index >= 15 is 0 Å². The Bertz CT molecular complexity index is 112. The van der Waals surface area contributed by atoms with Crippen LogP contribution in [0.2, 0.25) is 0 Å². The summed E-state index contributed by atoms with van der Waals surface area (Å²) in [4.78, 5) is 0. The second-order valence-electron chi connectivity index (χ2n) is 2.07. The number of alkyl halides is 1. The van der Waals surface area contributed by atoms with Crippen LogP contribution in [0.4, 0.5) is 0 Å². The molecule has 0 heterocycles. The minimum Gasteiger partial charge on any atom is -0.346 e. The predicted octanol–water partition coefficient (Wildman–Crippen LogP) is 2.16. The molecule has 58 valence electrons. The van der Waals surface area contributed by atoms with E-state index in [9.17, 15) is 0 Å². The lowest BCUT2D eigenvalue weighted by Crippen LogP contribution is -2.06. The zero-order chi connectivity index (χ0) is 7.66. The molecule has 10 heavy (non-hydrogen) atoms. The number of hydrogen-bond donors (Lipinski definition) is 1. The van der Waals surface area contributed by atoms with E-state index in [4.69, 9.17) is 0 Å². The van der Waals surface area contributed by atoms with Crippen molar-refractivity contribution in [3.05, 3.63) is 0 Å². The molecule has 0 aliphatic heterocycles. The Morgan fingerprint density at radius 3 is 2.80 bits per heavy atom. The summed E-state index contributed by atoms with van der Waals surface area (Å²) in [6.45, 7) is 3.24. The molecule has 0 fully saturated rings. The number of nitrogens with one attached hydrogen (secondary N) is 1. The minimum atomic E-state index is 0.915. The quantitative estimate of drug-likeness (QED) is 0.265. The molecule has 0 saturated carbocycles. The lowest BCUT2D eigenvalue weighted by Gasteiger charge is -1.94. The molecule has 0 atom stereocenters. The van der Waals surface area contributed by atoms with Crippen LogP contribution in [0.15, 0.2) is 0 Å².